The van der Waals surface area contributed by atoms with Crippen molar-refractivity contribution in [3.63, 3.8) is 0 Å². The second-order valence-corrected chi connectivity index (χ2v) is 4.17. The van der Waals surface area contributed by atoms with Gasteiger partial charge in [0.1, 0.15) is 0 Å². The third-order valence-electron chi connectivity index (χ3n) is 2.98. The molecule has 0 aromatic rings. The molecule has 0 aliphatic heterocycles. The van der Waals surface area contributed by atoms with Gasteiger partial charge in [0.05, 0.1) is 13.5 Å². The van der Waals surface area contributed by atoms with Gasteiger partial charge in [-0.1, -0.05) is 6.92 Å². The Bertz CT molecular complexity index is 169. The van der Waals surface area contributed by atoms with Crippen LogP contribution < -0.4 is 11.5 Å². The molecule has 12 heavy (non-hydrogen) atoms. The molecular weight excluding hydrogens is 151 g/mol. The van der Waals surface area contributed by atoms with E-state index in [4.69, 9.17) is 24.4 Å². The molecule has 4 unspecified atom stereocenters. The van der Waals surface area contributed by atoms with E-state index in [-0.39, 0.29) is 18.3 Å². The highest BCUT2D eigenvalue weighted by Gasteiger charge is 2.51. The van der Waals surface area contributed by atoms with Crippen LogP contribution in [-0.2, 0) is 0 Å². The van der Waals surface area contributed by atoms with Gasteiger partial charge in [-0.05, 0) is 30.5 Å². The number of hydrogen-bond donors (Lipinski definition) is 3. The van der Waals surface area contributed by atoms with E-state index in [0.717, 1.165) is 0 Å². The van der Waals surface area contributed by atoms with Crippen molar-refractivity contribution in [3.05, 3.63) is 0 Å². The second-order valence-electron chi connectivity index (χ2n) is 4.17. The summed E-state index contributed by atoms with van der Waals surface area (Å²) >= 11 is 0. The predicted octanol–water partition coefficient (Wildman–Crippen LogP) is -0.549. The van der Waals surface area contributed by atoms with Crippen molar-refractivity contribution in [2.75, 3.05) is 6.61 Å². The van der Waals surface area contributed by atoms with Crippen LogP contribution in [-0.4, -0.2) is 25.2 Å². The zero-order chi connectivity index (χ0) is 9.52. The van der Waals surface area contributed by atoms with Gasteiger partial charge in [0.25, 0.3) is 0 Å². The summed E-state index contributed by atoms with van der Waals surface area (Å²) in [4.78, 5) is 0. The third-order valence-corrected chi connectivity index (χ3v) is 2.98. The van der Waals surface area contributed by atoms with Gasteiger partial charge in [-0.2, -0.15) is 0 Å². The number of aliphatic hydroxyl groups excluding tert-OH is 1. The van der Waals surface area contributed by atoms with E-state index in [0.29, 0.717) is 11.8 Å². The van der Waals surface area contributed by atoms with Crippen LogP contribution in [0.25, 0.3) is 0 Å². The normalized spacial score (nSPS) is 37.9. The van der Waals surface area contributed by atoms with Crippen molar-refractivity contribution < 1.29 is 5.11 Å². The first-order valence-corrected chi connectivity index (χ1v) is 4.33. The van der Waals surface area contributed by atoms with Crippen molar-refractivity contribution in [3.8, 4) is 0 Å². The summed E-state index contributed by atoms with van der Waals surface area (Å²) in [5, 5.41) is 8.92. The van der Waals surface area contributed by atoms with Crippen LogP contribution in [0.4, 0.5) is 0 Å². The van der Waals surface area contributed by atoms with Crippen LogP contribution in [0.15, 0.2) is 0 Å². The lowest BCUT2D eigenvalue weighted by molar-refractivity contribution is 0.259. The fourth-order valence-corrected chi connectivity index (χ4v) is 1.88. The molecule has 0 heterocycles. The minimum atomic E-state index is -0.831. The molecule has 4 heteroatoms. The van der Waals surface area contributed by atoms with Gasteiger partial charge in [-0.15, -0.1) is 0 Å². The van der Waals surface area contributed by atoms with Crippen LogP contribution in [0.1, 0.15) is 13.8 Å². The van der Waals surface area contributed by atoms with Gasteiger partial charge in [0, 0.05) is 6.61 Å². The monoisotopic (exact) mass is 168 g/mol. The number of rotatable bonds is 3. The molecule has 68 valence electrons. The van der Waals surface area contributed by atoms with Crippen molar-refractivity contribution in [1.29, 1.82) is 0 Å². The molecule has 3 nitrogen and oxygen atoms in total. The molecule has 2 radical (unpaired) electrons. The number of aliphatic hydroxyl groups is 1. The van der Waals surface area contributed by atoms with Gasteiger partial charge in [0.2, 0.25) is 0 Å². The summed E-state index contributed by atoms with van der Waals surface area (Å²) in [6.07, 6.45) is 0. The van der Waals surface area contributed by atoms with Crippen molar-refractivity contribution >= 4 is 7.85 Å². The molecule has 1 aliphatic rings. The van der Waals surface area contributed by atoms with E-state index < -0.39 is 5.66 Å². The van der Waals surface area contributed by atoms with Gasteiger partial charge in [-0.3, -0.25) is 0 Å². The molecule has 1 saturated carbocycles. The minimum Gasteiger partial charge on any atom is -0.396 e. The Morgan fingerprint density at radius 3 is 2.33 bits per heavy atom. The number of nitrogens with two attached hydrogens (primary N) is 2. The highest BCUT2D eigenvalue weighted by molar-refractivity contribution is 6.13. The molecule has 1 rings (SSSR count). The van der Waals surface area contributed by atoms with Crippen molar-refractivity contribution in [1.82, 2.24) is 0 Å². The molecule has 4 atom stereocenters. The van der Waals surface area contributed by atoms with Crippen LogP contribution in [0.3, 0.4) is 0 Å². The van der Waals surface area contributed by atoms with Crippen LogP contribution in [0.5, 0.6) is 0 Å². The highest BCUT2D eigenvalue weighted by atomic mass is 16.3. The Labute approximate surface area is 74.9 Å². The van der Waals surface area contributed by atoms with Gasteiger partial charge in [0.15, 0.2) is 0 Å². The summed E-state index contributed by atoms with van der Waals surface area (Å²) < 4.78 is 0. The Kier molecular flexibility index (Phi) is 2.52. The Balaban J connectivity index is 2.51. The van der Waals surface area contributed by atoms with E-state index in [9.17, 15) is 0 Å². The lowest BCUT2D eigenvalue weighted by Gasteiger charge is -2.28. The fraction of sp³-hybridized carbons (Fsp3) is 1.00. The van der Waals surface area contributed by atoms with Crippen LogP contribution in [0.2, 0.25) is 5.82 Å². The van der Waals surface area contributed by atoms with E-state index in [1.807, 2.05) is 0 Å². The molecular formula is C8H17BN2O. The second kappa shape index (κ2) is 3.02. The maximum absolute atomic E-state index is 8.92. The van der Waals surface area contributed by atoms with Crippen LogP contribution in [0, 0.1) is 17.8 Å². The topological polar surface area (TPSA) is 72.3 Å². The average molecular weight is 168 g/mol. The maximum Gasteiger partial charge on any atom is 0.0746 e. The van der Waals surface area contributed by atoms with Gasteiger partial charge >= 0.3 is 0 Å². The molecule has 0 spiro atoms. The van der Waals surface area contributed by atoms with E-state index in [1.54, 1.807) is 6.92 Å². The van der Waals surface area contributed by atoms with E-state index >= 15 is 0 Å². The lowest BCUT2D eigenvalue weighted by Crippen LogP contribution is -2.51. The first kappa shape index (κ1) is 10.0. The standard InChI is InChI=1S/C8H17BN2O/c1-4-5(3-12)6(4)7(9)8(2,10)11/h4-7,12H,3,10-11H2,1-2H3. The summed E-state index contributed by atoms with van der Waals surface area (Å²) in [5.74, 6) is 0.822. The predicted molar refractivity (Wildman–Crippen MR) is 49.5 cm³/mol. The Morgan fingerprint density at radius 1 is 1.58 bits per heavy atom. The highest BCUT2D eigenvalue weighted by Crippen LogP contribution is 2.53. The molecule has 1 fully saturated rings. The SMILES string of the molecule is [B]C(C1C(C)C1CO)C(C)(N)N. The molecule has 0 saturated heterocycles. The maximum atomic E-state index is 8.92. The lowest BCUT2D eigenvalue weighted by atomic mass is 9.73. The number of hydrogen-bond acceptors (Lipinski definition) is 3. The first-order valence-electron chi connectivity index (χ1n) is 4.33. The first-order chi connectivity index (χ1) is 5.39. The van der Waals surface area contributed by atoms with Crippen molar-refractivity contribution in [2.45, 2.75) is 25.3 Å². The summed E-state index contributed by atoms with van der Waals surface area (Å²) in [5.41, 5.74) is 10.5. The third kappa shape index (κ3) is 1.65. The summed E-state index contributed by atoms with van der Waals surface area (Å²) in [6, 6.07) is 0. The summed E-state index contributed by atoms with van der Waals surface area (Å²) in [6.45, 7) is 3.98. The van der Waals surface area contributed by atoms with Crippen molar-refractivity contribution in [2.24, 2.45) is 29.2 Å². The quantitative estimate of drug-likeness (QED) is 0.391. The zero-order valence-electron chi connectivity index (χ0n) is 7.70. The molecule has 5 N–H and O–H groups in total. The molecule has 0 bridgehead atoms. The fourth-order valence-electron chi connectivity index (χ4n) is 1.88. The molecule has 0 aromatic carbocycles. The minimum absolute atomic E-state index is 0.190. The Morgan fingerprint density at radius 2 is 2.08 bits per heavy atom. The summed E-state index contributed by atoms with van der Waals surface area (Å²) in [7, 11) is 5.85. The van der Waals surface area contributed by atoms with E-state index in [1.165, 1.54) is 0 Å². The van der Waals surface area contributed by atoms with Gasteiger partial charge in [-0.25, -0.2) is 0 Å². The zero-order valence-corrected chi connectivity index (χ0v) is 7.70. The van der Waals surface area contributed by atoms with Gasteiger partial charge < -0.3 is 16.6 Å². The molecule has 0 aromatic heterocycles. The Hall–Kier alpha value is -0.0551. The smallest absolute Gasteiger partial charge is 0.0746 e. The molecule has 1 aliphatic carbocycles. The molecule has 0 amide bonds. The largest absolute Gasteiger partial charge is 0.396 e. The van der Waals surface area contributed by atoms with Crippen LogP contribution >= 0.6 is 0 Å². The van der Waals surface area contributed by atoms with E-state index in [2.05, 4.69) is 6.92 Å². The average Bonchev–Trinajstić information content (AvgIpc) is 2.57.